The molecule has 0 aliphatic heterocycles. The Hall–Kier alpha value is -5.35. The number of H-pyrrole nitrogens is 2. The molecule has 0 radical (unpaired) electrons. The number of nitrogens with zero attached hydrogens (tertiary/aromatic N) is 3. The molecule has 0 unspecified atom stereocenters. The monoisotopic (exact) mass is 798 g/mol. The van der Waals surface area contributed by atoms with Gasteiger partial charge in [-0.2, -0.15) is 17.6 Å². The Morgan fingerprint density at radius 2 is 1.57 bits per heavy atom. The first kappa shape index (κ1) is 41.8. The summed E-state index contributed by atoms with van der Waals surface area (Å²) >= 11 is 0. The van der Waals surface area contributed by atoms with Gasteiger partial charge in [0.1, 0.15) is 11.9 Å². The Balaban J connectivity index is 0.00000600. The van der Waals surface area contributed by atoms with Gasteiger partial charge < -0.3 is 31.4 Å². The number of halogens is 5. The van der Waals surface area contributed by atoms with Gasteiger partial charge in [0.2, 0.25) is 17.6 Å². The molecule has 12 nitrogen and oxygen atoms in total. The van der Waals surface area contributed by atoms with Gasteiger partial charge in [-0.05, 0) is 104 Å². The second-order valence-electron chi connectivity index (χ2n) is 14.4. The fourth-order valence-corrected chi connectivity index (χ4v) is 6.74. The van der Waals surface area contributed by atoms with Gasteiger partial charge in [0.05, 0.1) is 11.0 Å². The van der Waals surface area contributed by atoms with Crippen molar-refractivity contribution in [3.05, 3.63) is 83.4 Å². The van der Waals surface area contributed by atoms with Crippen LogP contribution in [0.2, 0.25) is 0 Å². The first-order valence-corrected chi connectivity index (χ1v) is 18.0. The minimum atomic E-state index is -5.43. The molecule has 2 aromatic heterocycles. The quantitative estimate of drug-likeness (QED) is 0.0679. The molecule has 2 amide bonds. The Kier molecular flexibility index (Phi) is 12.5. The Labute approximate surface area is 325 Å². The molecular formula is C39H43ClF4N8O4. The molecule has 1 fully saturated rings. The zero-order valence-electron chi connectivity index (χ0n) is 30.8. The van der Waals surface area contributed by atoms with Crippen LogP contribution in [-0.4, -0.2) is 66.5 Å². The molecule has 6 rings (SSSR count). The summed E-state index contributed by atoms with van der Waals surface area (Å²) in [5.41, 5.74) is 12.0. The van der Waals surface area contributed by atoms with Crippen LogP contribution in [0.5, 0.6) is 0 Å². The van der Waals surface area contributed by atoms with Crippen LogP contribution in [-0.2, 0) is 26.7 Å². The molecule has 56 heavy (non-hydrogen) atoms. The van der Waals surface area contributed by atoms with Crippen LogP contribution in [0.3, 0.4) is 0 Å². The number of carbonyl (C=O) groups is 3. The first-order valence-electron chi connectivity index (χ1n) is 18.0. The summed E-state index contributed by atoms with van der Waals surface area (Å²) in [6.45, 7) is 6.75. The third-order valence-corrected chi connectivity index (χ3v) is 10.2. The van der Waals surface area contributed by atoms with Crippen molar-refractivity contribution >= 4 is 46.9 Å². The topological polar surface area (TPSA) is 192 Å². The molecule has 0 saturated heterocycles. The lowest BCUT2D eigenvalue weighted by molar-refractivity contribution is -0.231. The van der Waals surface area contributed by atoms with Crippen molar-refractivity contribution in [3.8, 4) is 22.5 Å². The summed E-state index contributed by atoms with van der Waals surface area (Å²) in [5.74, 6) is -15.0. The van der Waals surface area contributed by atoms with Crippen molar-refractivity contribution in [1.82, 2.24) is 30.5 Å². The molecule has 7 N–H and O–H groups in total. The fraction of sp³-hybridized carbons (Fsp3) is 0.385. The number of aromatic amines is 2. The number of carboxylic acids is 1. The summed E-state index contributed by atoms with van der Waals surface area (Å²) in [4.78, 5) is 48.1. The largest absolute Gasteiger partial charge is 0.477 e. The average molecular weight is 799 g/mol. The smallest absolute Gasteiger partial charge is 0.411 e. The number of aromatic nitrogens is 5. The molecular weight excluding hydrogens is 756 g/mol. The maximum Gasteiger partial charge on any atom is 0.411 e. The Morgan fingerprint density at radius 3 is 2.18 bits per heavy atom. The number of carboxylic acid groups (broad SMARTS) is 1. The summed E-state index contributed by atoms with van der Waals surface area (Å²) in [5, 5.41) is 20.8. The van der Waals surface area contributed by atoms with Crippen LogP contribution in [0.15, 0.2) is 60.7 Å². The van der Waals surface area contributed by atoms with E-state index in [1.807, 2.05) is 36.2 Å². The number of rotatable bonds is 13. The van der Waals surface area contributed by atoms with Gasteiger partial charge in [0, 0.05) is 29.5 Å². The van der Waals surface area contributed by atoms with Gasteiger partial charge in [-0.15, -0.1) is 22.6 Å². The second kappa shape index (κ2) is 16.8. The number of anilines is 1. The Bertz CT molecular complexity index is 2180. The number of amides is 2. The van der Waals surface area contributed by atoms with E-state index in [-0.39, 0.29) is 48.0 Å². The van der Waals surface area contributed by atoms with Gasteiger partial charge in [-0.3, -0.25) is 9.59 Å². The third kappa shape index (κ3) is 8.70. The van der Waals surface area contributed by atoms with E-state index in [1.54, 1.807) is 0 Å². The third-order valence-electron chi connectivity index (χ3n) is 10.2. The molecule has 17 heteroatoms. The molecule has 298 valence electrons. The zero-order valence-corrected chi connectivity index (χ0v) is 31.7. The number of aryl methyl sites for hydroxylation is 1. The van der Waals surface area contributed by atoms with E-state index in [0.29, 0.717) is 31.0 Å². The van der Waals surface area contributed by atoms with Crippen LogP contribution in [0.25, 0.3) is 33.5 Å². The van der Waals surface area contributed by atoms with Crippen molar-refractivity contribution in [2.45, 2.75) is 76.7 Å². The number of fused-ring (bicyclic) bond motifs is 1. The minimum absolute atomic E-state index is 0. The normalized spacial score (nSPS) is 16.7. The SMILES string of the molecule is Cc1cc2[nH]c(C(C)C)nc2cc1-c1ccc(C[C@H](NC(=O)[C@H]2CC[C@H](CN)CC2)C(=O)Nc2ccc(-c3nnc(C(F)(F)C(F)(F)C(=O)O)[nH]3)cc2)cc1.Cl. The molecule has 5 aromatic rings. The van der Waals surface area contributed by atoms with E-state index < -0.39 is 35.6 Å². The van der Waals surface area contributed by atoms with E-state index in [1.165, 1.54) is 24.3 Å². The summed E-state index contributed by atoms with van der Waals surface area (Å²) < 4.78 is 55.8. The van der Waals surface area contributed by atoms with E-state index in [9.17, 15) is 31.9 Å². The van der Waals surface area contributed by atoms with E-state index >= 15 is 0 Å². The zero-order chi connectivity index (χ0) is 39.7. The van der Waals surface area contributed by atoms with Gasteiger partial charge in [-0.1, -0.05) is 38.1 Å². The molecule has 1 saturated carbocycles. The highest BCUT2D eigenvalue weighted by atomic mass is 35.5. The Morgan fingerprint density at radius 1 is 0.929 bits per heavy atom. The second-order valence-corrected chi connectivity index (χ2v) is 14.4. The van der Waals surface area contributed by atoms with Gasteiger partial charge in [0.15, 0.2) is 5.82 Å². The lowest BCUT2D eigenvalue weighted by atomic mass is 9.81. The highest BCUT2D eigenvalue weighted by Gasteiger charge is 2.65. The highest BCUT2D eigenvalue weighted by Crippen LogP contribution is 2.42. The van der Waals surface area contributed by atoms with Crippen LogP contribution in [0, 0.1) is 18.8 Å². The predicted molar refractivity (Wildman–Crippen MR) is 205 cm³/mol. The van der Waals surface area contributed by atoms with Crippen molar-refractivity contribution in [1.29, 1.82) is 0 Å². The van der Waals surface area contributed by atoms with Crippen LogP contribution >= 0.6 is 12.4 Å². The highest BCUT2D eigenvalue weighted by molar-refractivity contribution is 5.98. The number of hydrogen-bond acceptors (Lipinski definition) is 7. The number of imidazole rings is 1. The van der Waals surface area contributed by atoms with Crippen molar-refractivity contribution in [2.24, 2.45) is 17.6 Å². The summed E-state index contributed by atoms with van der Waals surface area (Å²) in [6, 6.07) is 16.6. The maximum atomic E-state index is 14.2. The van der Waals surface area contributed by atoms with Crippen molar-refractivity contribution in [3.63, 3.8) is 0 Å². The number of benzene rings is 3. The molecule has 1 atom stereocenters. The average Bonchev–Trinajstić information content (AvgIpc) is 3.83. The van der Waals surface area contributed by atoms with Crippen LogP contribution < -0.4 is 16.4 Å². The molecule has 0 spiro atoms. The fourth-order valence-electron chi connectivity index (χ4n) is 6.74. The summed E-state index contributed by atoms with van der Waals surface area (Å²) in [7, 11) is 0. The number of nitrogens with two attached hydrogens (primary N) is 1. The van der Waals surface area contributed by atoms with Gasteiger partial charge in [0.25, 0.3) is 0 Å². The standard InChI is InChI=1S/C39H42F4N8O4.ClH/c1-20(2)32-46-29-16-21(3)28(18-30(29)47-32)24-8-4-22(5-9-24)17-31(48-34(52)26-10-6-23(19-44)7-11-26)35(53)45-27-14-12-25(13-15-27)33-49-36(51-50-33)38(40,41)39(42,43)37(54)55;/h4-5,8-9,12-16,18,20,23,26,31H,6-7,10-11,17,19,44H2,1-3H3,(H,45,53)(H,46,47)(H,48,52)(H,54,55)(H,49,50,51);1H/t23-,26-,31-;/m0./s1. The van der Waals surface area contributed by atoms with Crippen LogP contribution in [0.4, 0.5) is 23.2 Å². The lowest BCUT2D eigenvalue weighted by Gasteiger charge is -2.28. The predicted octanol–water partition coefficient (Wildman–Crippen LogP) is 7.11. The first-order chi connectivity index (χ1) is 26.1. The molecule has 2 heterocycles. The minimum Gasteiger partial charge on any atom is -0.477 e. The summed E-state index contributed by atoms with van der Waals surface area (Å²) in [6.07, 6.45) is 3.17. The molecule has 1 aliphatic carbocycles. The van der Waals surface area contributed by atoms with Crippen molar-refractivity contribution in [2.75, 3.05) is 11.9 Å². The van der Waals surface area contributed by atoms with Crippen LogP contribution in [0.1, 0.15) is 68.2 Å². The van der Waals surface area contributed by atoms with E-state index in [4.69, 9.17) is 15.8 Å². The number of hydrogen-bond donors (Lipinski definition) is 6. The number of carbonyl (C=O) groups excluding carboxylic acids is 2. The van der Waals surface area contributed by atoms with E-state index in [2.05, 4.69) is 51.8 Å². The van der Waals surface area contributed by atoms with Gasteiger partial charge >= 0.3 is 17.8 Å². The number of nitrogens with one attached hydrogen (secondary N) is 4. The van der Waals surface area contributed by atoms with Gasteiger partial charge in [-0.25, -0.2) is 9.78 Å². The number of aliphatic carboxylic acids is 1. The molecule has 1 aliphatic rings. The number of alkyl halides is 4. The molecule has 3 aromatic carbocycles. The van der Waals surface area contributed by atoms with Crippen molar-refractivity contribution < 1.29 is 37.1 Å². The maximum absolute atomic E-state index is 14.2. The molecule has 0 bridgehead atoms. The lowest BCUT2D eigenvalue weighted by Crippen LogP contribution is -2.48. The van der Waals surface area contributed by atoms with E-state index in [0.717, 1.165) is 52.0 Å².